The van der Waals surface area contributed by atoms with E-state index in [1.807, 2.05) is 6.07 Å². The molecule has 0 N–H and O–H groups in total. The number of rotatable bonds is 4. The average Bonchev–Trinajstić information content (AvgIpc) is 3.77. The standard InChI is InChI=1S/C52H32N4/c1-2-15-38(16-3-1)55-46-21-11-9-18-41(46)43-31-44-49(32-48(43)55)56(47-29-26-34-13-6-7-17-40(34)50(44)47)39-27-24-35(25-28-39)52-53-45-20-10-8-19-42(45)51(54-52)37-23-22-33-12-4-5-14-36(33)30-37/h1-32H. The van der Waals surface area contributed by atoms with Gasteiger partial charge in [0.1, 0.15) is 0 Å². The molecule has 0 spiro atoms. The van der Waals surface area contributed by atoms with Crippen molar-refractivity contribution in [2.24, 2.45) is 0 Å². The highest BCUT2D eigenvalue weighted by Gasteiger charge is 2.20. The van der Waals surface area contributed by atoms with Crippen LogP contribution < -0.4 is 0 Å². The Morgan fingerprint density at radius 3 is 1.80 bits per heavy atom. The Balaban J connectivity index is 1.08. The summed E-state index contributed by atoms with van der Waals surface area (Å²) in [7, 11) is 0. The summed E-state index contributed by atoms with van der Waals surface area (Å²) in [5, 5.41) is 10.9. The molecule has 3 heterocycles. The molecule has 12 rings (SSSR count). The molecule has 0 radical (unpaired) electrons. The molecule has 0 atom stereocenters. The van der Waals surface area contributed by atoms with Crippen LogP contribution in [0.3, 0.4) is 0 Å². The lowest BCUT2D eigenvalue weighted by atomic mass is 10.0. The second-order valence-corrected chi connectivity index (χ2v) is 14.6. The first-order valence-corrected chi connectivity index (χ1v) is 19.1. The Hall–Kier alpha value is -7.56. The van der Waals surface area contributed by atoms with Gasteiger partial charge in [0.15, 0.2) is 5.82 Å². The van der Waals surface area contributed by atoms with Gasteiger partial charge in [-0.3, -0.25) is 0 Å². The van der Waals surface area contributed by atoms with E-state index in [0.29, 0.717) is 5.82 Å². The zero-order chi connectivity index (χ0) is 36.7. The molecule has 0 fully saturated rings. The third kappa shape index (κ3) is 4.60. The fourth-order valence-corrected chi connectivity index (χ4v) is 8.90. The zero-order valence-electron chi connectivity index (χ0n) is 30.3. The lowest BCUT2D eigenvalue weighted by Gasteiger charge is -2.12. The van der Waals surface area contributed by atoms with Crippen molar-refractivity contribution in [1.29, 1.82) is 0 Å². The highest BCUT2D eigenvalue weighted by atomic mass is 15.0. The van der Waals surface area contributed by atoms with E-state index in [0.717, 1.165) is 44.6 Å². The summed E-state index contributed by atoms with van der Waals surface area (Å²) in [5.74, 6) is 0.709. The van der Waals surface area contributed by atoms with Crippen LogP contribution in [0.2, 0.25) is 0 Å². The first kappa shape index (κ1) is 30.9. The molecule has 260 valence electrons. The Bertz CT molecular complexity index is 3520. The quantitative estimate of drug-likeness (QED) is 0.182. The van der Waals surface area contributed by atoms with E-state index in [2.05, 4.69) is 197 Å². The topological polar surface area (TPSA) is 35.6 Å². The summed E-state index contributed by atoms with van der Waals surface area (Å²) in [6, 6.07) is 69.7. The minimum Gasteiger partial charge on any atom is -0.309 e. The molecule has 0 aliphatic heterocycles. The van der Waals surface area contributed by atoms with Gasteiger partial charge in [0, 0.05) is 49.4 Å². The van der Waals surface area contributed by atoms with Crippen LogP contribution in [-0.4, -0.2) is 19.1 Å². The highest BCUT2D eigenvalue weighted by Crippen LogP contribution is 2.42. The molecular formula is C52H32N4. The van der Waals surface area contributed by atoms with Crippen LogP contribution in [-0.2, 0) is 0 Å². The molecule has 56 heavy (non-hydrogen) atoms. The number of nitrogens with zero attached hydrogens (tertiary/aromatic N) is 4. The molecule has 4 nitrogen and oxygen atoms in total. The maximum Gasteiger partial charge on any atom is 0.160 e. The van der Waals surface area contributed by atoms with Crippen molar-refractivity contribution in [3.8, 4) is 34.0 Å². The van der Waals surface area contributed by atoms with Crippen LogP contribution >= 0.6 is 0 Å². The monoisotopic (exact) mass is 712 g/mol. The summed E-state index contributed by atoms with van der Waals surface area (Å²) in [4.78, 5) is 10.3. The van der Waals surface area contributed by atoms with Crippen molar-refractivity contribution in [1.82, 2.24) is 19.1 Å². The third-order valence-electron chi connectivity index (χ3n) is 11.5. The Morgan fingerprint density at radius 1 is 0.321 bits per heavy atom. The van der Waals surface area contributed by atoms with Gasteiger partial charge in [-0.25, -0.2) is 9.97 Å². The van der Waals surface area contributed by atoms with E-state index in [4.69, 9.17) is 9.97 Å². The second kappa shape index (κ2) is 12.0. The van der Waals surface area contributed by atoms with Crippen molar-refractivity contribution in [2.75, 3.05) is 0 Å². The number of benzene rings is 9. The summed E-state index contributed by atoms with van der Waals surface area (Å²) in [6.07, 6.45) is 0. The molecule has 0 saturated carbocycles. The Labute approximate surface area is 322 Å². The van der Waals surface area contributed by atoms with Gasteiger partial charge in [0.2, 0.25) is 0 Å². The van der Waals surface area contributed by atoms with E-state index in [1.54, 1.807) is 0 Å². The summed E-state index contributed by atoms with van der Waals surface area (Å²) in [5.41, 5.74) is 10.9. The van der Waals surface area contributed by atoms with Gasteiger partial charge in [0.25, 0.3) is 0 Å². The summed E-state index contributed by atoms with van der Waals surface area (Å²) >= 11 is 0. The van der Waals surface area contributed by atoms with E-state index < -0.39 is 0 Å². The first-order valence-electron chi connectivity index (χ1n) is 19.1. The molecule has 0 aliphatic carbocycles. The van der Waals surface area contributed by atoms with Gasteiger partial charge in [-0.1, -0.05) is 121 Å². The van der Waals surface area contributed by atoms with Crippen LogP contribution in [0.5, 0.6) is 0 Å². The molecule has 0 unspecified atom stereocenters. The van der Waals surface area contributed by atoms with Crippen LogP contribution in [0.4, 0.5) is 0 Å². The molecule has 0 bridgehead atoms. The van der Waals surface area contributed by atoms with Gasteiger partial charge in [-0.15, -0.1) is 0 Å². The molecule has 0 aliphatic rings. The summed E-state index contributed by atoms with van der Waals surface area (Å²) in [6.45, 7) is 0. The van der Waals surface area contributed by atoms with Crippen molar-refractivity contribution in [3.63, 3.8) is 0 Å². The molecule has 4 heteroatoms. The van der Waals surface area contributed by atoms with Crippen LogP contribution in [0.1, 0.15) is 0 Å². The van der Waals surface area contributed by atoms with Crippen LogP contribution in [0.15, 0.2) is 194 Å². The van der Waals surface area contributed by atoms with E-state index in [1.165, 1.54) is 59.6 Å². The lowest BCUT2D eigenvalue weighted by molar-refractivity contribution is 1.16. The SMILES string of the molecule is c1ccc(-n2c3ccccc3c3cc4c5c6ccccc6ccc5n(-c5ccc(-c6nc(-c7ccc8ccccc8c7)c7ccccc7n6)cc5)c4cc32)cc1. The predicted octanol–water partition coefficient (Wildman–Crippen LogP) is 13.5. The van der Waals surface area contributed by atoms with Gasteiger partial charge < -0.3 is 9.13 Å². The lowest BCUT2D eigenvalue weighted by Crippen LogP contribution is -1.97. The van der Waals surface area contributed by atoms with Crippen molar-refractivity contribution in [2.45, 2.75) is 0 Å². The minimum atomic E-state index is 0.709. The van der Waals surface area contributed by atoms with Crippen LogP contribution in [0.25, 0.3) is 110 Å². The zero-order valence-corrected chi connectivity index (χ0v) is 30.3. The maximum absolute atomic E-state index is 5.25. The van der Waals surface area contributed by atoms with Gasteiger partial charge >= 0.3 is 0 Å². The molecule has 9 aromatic carbocycles. The number of para-hydroxylation sites is 3. The number of hydrogen-bond donors (Lipinski definition) is 0. The van der Waals surface area contributed by atoms with Gasteiger partial charge in [0.05, 0.1) is 33.3 Å². The minimum absolute atomic E-state index is 0.709. The van der Waals surface area contributed by atoms with Crippen LogP contribution in [0, 0.1) is 0 Å². The molecule has 0 saturated heterocycles. The molecule has 0 amide bonds. The van der Waals surface area contributed by atoms with E-state index in [-0.39, 0.29) is 0 Å². The van der Waals surface area contributed by atoms with E-state index in [9.17, 15) is 0 Å². The largest absolute Gasteiger partial charge is 0.309 e. The maximum atomic E-state index is 5.25. The normalized spacial score (nSPS) is 11.9. The molecule has 3 aromatic heterocycles. The third-order valence-corrected chi connectivity index (χ3v) is 11.5. The Kier molecular flexibility index (Phi) is 6.60. The Morgan fingerprint density at radius 2 is 0.946 bits per heavy atom. The van der Waals surface area contributed by atoms with Crippen molar-refractivity contribution in [3.05, 3.63) is 194 Å². The number of hydrogen-bond acceptors (Lipinski definition) is 2. The second-order valence-electron chi connectivity index (χ2n) is 14.6. The smallest absolute Gasteiger partial charge is 0.160 e. The fourth-order valence-electron chi connectivity index (χ4n) is 8.90. The van der Waals surface area contributed by atoms with Gasteiger partial charge in [-0.05, 0) is 94.3 Å². The number of fused-ring (bicyclic) bond motifs is 10. The average molecular weight is 713 g/mol. The highest BCUT2D eigenvalue weighted by molar-refractivity contribution is 6.25. The van der Waals surface area contributed by atoms with Crippen molar-refractivity contribution < 1.29 is 0 Å². The molecular weight excluding hydrogens is 681 g/mol. The van der Waals surface area contributed by atoms with Crippen molar-refractivity contribution >= 4 is 76.1 Å². The molecule has 12 aromatic rings. The van der Waals surface area contributed by atoms with E-state index >= 15 is 0 Å². The fraction of sp³-hybridized carbons (Fsp3) is 0. The summed E-state index contributed by atoms with van der Waals surface area (Å²) < 4.78 is 4.83. The first-order chi connectivity index (χ1) is 27.8. The number of aromatic nitrogens is 4. The predicted molar refractivity (Wildman–Crippen MR) is 234 cm³/mol. The van der Waals surface area contributed by atoms with Gasteiger partial charge in [-0.2, -0.15) is 0 Å².